The molecule has 0 fully saturated rings. The molecule has 0 bridgehead atoms. The summed E-state index contributed by atoms with van der Waals surface area (Å²) in [5.74, 6) is 0.532. The van der Waals surface area contributed by atoms with Crippen molar-refractivity contribution in [1.29, 1.82) is 0 Å². The second-order valence-corrected chi connectivity index (χ2v) is 3.66. The van der Waals surface area contributed by atoms with E-state index in [1.807, 2.05) is 26.0 Å². The third-order valence-corrected chi connectivity index (χ3v) is 2.31. The fraction of sp³-hybridized carbons (Fsp3) is 0.500. The molecule has 1 aromatic heterocycles. The van der Waals surface area contributed by atoms with Crippen molar-refractivity contribution in [2.24, 2.45) is 0 Å². The topological polar surface area (TPSA) is 34.0 Å². The number of aryl methyl sites for hydroxylation is 2. The lowest BCUT2D eigenvalue weighted by molar-refractivity contribution is -0.117. The van der Waals surface area contributed by atoms with Gasteiger partial charge in [-0.1, -0.05) is 0 Å². The van der Waals surface area contributed by atoms with Crippen molar-refractivity contribution in [3.8, 4) is 0 Å². The lowest BCUT2D eigenvalue weighted by Crippen LogP contribution is -2.24. The normalized spacial score (nSPS) is 10.2. The average molecular weight is 215 g/mol. The van der Waals surface area contributed by atoms with E-state index in [1.54, 1.807) is 4.68 Å². The van der Waals surface area contributed by atoms with Crippen LogP contribution in [0.4, 0.5) is 0 Å². The number of halogens is 1. The van der Waals surface area contributed by atoms with Crippen LogP contribution in [-0.2, 0) is 4.79 Å². The minimum atomic E-state index is 0.00745. The van der Waals surface area contributed by atoms with Gasteiger partial charge in [-0.25, -0.2) is 0 Å². The molecule has 0 aromatic carbocycles. The van der Waals surface area contributed by atoms with E-state index in [-0.39, 0.29) is 5.91 Å². The Morgan fingerprint density at radius 2 is 2.00 bits per heavy atom. The molecule has 1 aromatic rings. The van der Waals surface area contributed by atoms with Crippen molar-refractivity contribution in [3.63, 3.8) is 0 Å². The highest BCUT2D eigenvalue weighted by Gasteiger charge is 2.04. The van der Waals surface area contributed by atoms with Gasteiger partial charge in [-0.15, -0.1) is 11.6 Å². The summed E-state index contributed by atoms with van der Waals surface area (Å²) in [6.07, 6.45) is 1.19. The zero-order valence-electron chi connectivity index (χ0n) is 8.51. The Labute approximate surface area is 89.0 Å². The first kappa shape index (κ1) is 11.1. The molecule has 4 heteroatoms. The van der Waals surface area contributed by atoms with E-state index in [0.29, 0.717) is 18.7 Å². The Morgan fingerprint density at radius 3 is 2.50 bits per heavy atom. The molecule has 0 aliphatic heterocycles. The van der Waals surface area contributed by atoms with Gasteiger partial charge in [-0.2, -0.15) is 0 Å². The molecule has 0 atom stereocenters. The largest absolute Gasteiger partial charge is 0.273 e. The molecule has 1 heterocycles. The summed E-state index contributed by atoms with van der Waals surface area (Å²) < 4.78 is 1.79. The van der Waals surface area contributed by atoms with E-state index in [0.717, 1.165) is 11.4 Å². The van der Waals surface area contributed by atoms with Gasteiger partial charge in [-0.05, 0) is 32.4 Å². The number of hydrogen-bond acceptors (Lipinski definition) is 1. The van der Waals surface area contributed by atoms with E-state index >= 15 is 0 Å². The van der Waals surface area contributed by atoms with Crippen LogP contribution in [0.2, 0.25) is 0 Å². The van der Waals surface area contributed by atoms with Crippen molar-refractivity contribution < 1.29 is 4.79 Å². The second-order valence-electron chi connectivity index (χ2n) is 3.28. The van der Waals surface area contributed by atoms with Crippen LogP contribution in [0.1, 0.15) is 24.2 Å². The summed E-state index contributed by atoms with van der Waals surface area (Å²) in [4.78, 5) is 11.4. The zero-order chi connectivity index (χ0) is 10.6. The van der Waals surface area contributed by atoms with Gasteiger partial charge in [0.15, 0.2) is 0 Å². The fourth-order valence-electron chi connectivity index (χ4n) is 1.25. The molecule has 0 aliphatic rings. The van der Waals surface area contributed by atoms with Gasteiger partial charge >= 0.3 is 0 Å². The van der Waals surface area contributed by atoms with Gasteiger partial charge < -0.3 is 0 Å². The predicted molar refractivity (Wildman–Crippen MR) is 58.2 cm³/mol. The second kappa shape index (κ2) is 5.05. The summed E-state index contributed by atoms with van der Waals surface area (Å²) in [6, 6.07) is 3.94. The highest BCUT2D eigenvalue weighted by atomic mass is 35.5. The summed E-state index contributed by atoms with van der Waals surface area (Å²) in [6.45, 7) is 3.91. The molecule has 1 N–H and O–H groups in total. The Kier molecular flexibility index (Phi) is 4.01. The maximum absolute atomic E-state index is 11.4. The molecule has 0 radical (unpaired) electrons. The van der Waals surface area contributed by atoms with Crippen LogP contribution in [0, 0.1) is 13.8 Å². The molecule has 1 rings (SSSR count). The van der Waals surface area contributed by atoms with Crippen molar-refractivity contribution in [2.45, 2.75) is 26.7 Å². The van der Waals surface area contributed by atoms with Gasteiger partial charge in [-0.3, -0.25) is 14.9 Å². The van der Waals surface area contributed by atoms with E-state index < -0.39 is 0 Å². The smallest absolute Gasteiger partial charge is 0.238 e. The minimum absolute atomic E-state index is 0.00745. The Hall–Kier alpha value is -0.960. The van der Waals surface area contributed by atoms with Crippen LogP contribution in [0.25, 0.3) is 0 Å². The number of nitrogens with one attached hydrogen (secondary N) is 1. The number of amides is 1. The van der Waals surface area contributed by atoms with E-state index in [2.05, 4.69) is 5.43 Å². The van der Waals surface area contributed by atoms with Gasteiger partial charge in [0.05, 0.1) is 0 Å². The van der Waals surface area contributed by atoms with E-state index in [4.69, 9.17) is 11.6 Å². The lowest BCUT2D eigenvalue weighted by Gasteiger charge is -2.10. The highest BCUT2D eigenvalue weighted by Crippen LogP contribution is 2.04. The third-order valence-electron chi connectivity index (χ3n) is 2.05. The highest BCUT2D eigenvalue weighted by molar-refractivity contribution is 6.17. The minimum Gasteiger partial charge on any atom is -0.273 e. The molecule has 14 heavy (non-hydrogen) atoms. The number of aromatic nitrogens is 1. The van der Waals surface area contributed by atoms with Gasteiger partial charge in [0.25, 0.3) is 0 Å². The Morgan fingerprint density at radius 1 is 1.43 bits per heavy atom. The standard InChI is InChI=1S/C10H15ClN2O/c1-8-5-6-9(2)13(8)12-10(14)4-3-7-11/h5-6H,3-4,7H2,1-2H3,(H,12,14). The van der Waals surface area contributed by atoms with Crippen molar-refractivity contribution in [2.75, 3.05) is 11.3 Å². The van der Waals surface area contributed by atoms with Crippen LogP contribution in [0.5, 0.6) is 0 Å². The predicted octanol–water partition coefficient (Wildman–Crippen LogP) is 2.19. The summed E-state index contributed by atoms with van der Waals surface area (Å²) in [5, 5.41) is 0. The number of alkyl halides is 1. The maximum atomic E-state index is 11.4. The van der Waals surface area contributed by atoms with Crippen LogP contribution >= 0.6 is 11.6 Å². The molecule has 0 spiro atoms. The van der Waals surface area contributed by atoms with Gasteiger partial charge in [0.1, 0.15) is 0 Å². The number of rotatable bonds is 4. The van der Waals surface area contributed by atoms with Crippen LogP contribution < -0.4 is 5.43 Å². The molecule has 0 aliphatic carbocycles. The van der Waals surface area contributed by atoms with Crippen molar-refractivity contribution in [1.82, 2.24) is 4.68 Å². The molecule has 0 unspecified atom stereocenters. The zero-order valence-corrected chi connectivity index (χ0v) is 9.27. The summed E-state index contributed by atoms with van der Waals surface area (Å²) >= 11 is 5.50. The van der Waals surface area contributed by atoms with Crippen molar-refractivity contribution in [3.05, 3.63) is 23.5 Å². The SMILES string of the molecule is Cc1ccc(C)n1NC(=O)CCCCl. The Bertz CT molecular complexity index is 300. The number of carbonyl (C=O) groups excluding carboxylic acids is 1. The molecule has 0 saturated carbocycles. The molecule has 3 nitrogen and oxygen atoms in total. The fourth-order valence-corrected chi connectivity index (χ4v) is 1.39. The van der Waals surface area contributed by atoms with Gasteiger partial charge in [0.2, 0.25) is 5.91 Å². The Balaban J connectivity index is 2.55. The van der Waals surface area contributed by atoms with Gasteiger partial charge in [0, 0.05) is 23.7 Å². The lowest BCUT2D eigenvalue weighted by atomic mass is 10.3. The molecular formula is C10H15ClN2O. The van der Waals surface area contributed by atoms with E-state index in [1.165, 1.54) is 0 Å². The van der Waals surface area contributed by atoms with Crippen molar-refractivity contribution >= 4 is 17.5 Å². The quantitative estimate of drug-likeness (QED) is 0.767. The summed E-state index contributed by atoms with van der Waals surface area (Å²) in [5.41, 5.74) is 4.87. The van der Waals surface area contributed by atoms with Crippen LogP contribution in [0.3, 0.4) is 0 Å². The first-order valence-corrected chi connectivity index (χ1v) is 5.19. The molecule has 78 valence electrons. The number of hydrogen-bond donors (Lipinski definition) is 1. The molecule has 0 saturated heterocycles. The first-order valence-electron chi connectivity index (χ1n) is 4.66. The number of carbonyl (C=O) groups is 1. The molecular weight excluding hydrogens is 200 g/mol. The van der Waals surface area contributed by atoms with E-state index in [9.17, 15) is 4.79 Å². The van der Waals surface area contributed by atoms with Crippen LogP contribution in [-0.4, -0.2) is 16.5 Å². The average Bonchev–Trinajstić information content (AvgIpc) is 2.46. The third kappa shape index (κ3) is 2.77. The molecule has 1 amide bonds. The summed E-state index contributed by atoms with van der Waals surface area (Å²) in [7, 11) is 0. The maximum Gasteiger partial charge on any atom is 0.238 e. The monoisotopic (exact) mass is 214 g/mol. The number of nitrogens with zero attached hydrogens (tertiary/aromatic N) is 1. The van der Waals surface area contributed by atoms with Crippen LogP contribution in [0.15, 0.2) is 12.1 Å². The first-order chi connectivity index (χ1) is 6.65.